The molecule has 8 heteroatoms. The highest BCUT2D eigenvalue weighted by Crippen LogP contribution is 2.47. The lowest BCUT2D eigenvalue weighted by Crippen LogP contribution is -2.36. The van der Waals surface area contributed by atoms with Gasteiger partial charge in [0, 0.05) is 22.4 Å². The van der Waals surface area contributed by atoms with Crippen molar-refractivity contribution in [2.75, 3.05) is 14.2 Å². The van der Waals surface area contributed by atoms with E-state index in [4.69, 9.17) is 37.4 Å². The summed E-state index contributed by atoms with van der Waals surface area (Å²) in [4.78, 5) is 28.0. The molecule has 5 rings (SSSR count). The van der Waals surface area contributed by atoms with E-state index in [2.05, 4.69) is 0 Å². The van der Waals surface area contributed by atoms with Crippen molar-refractivity contribution < 1.29 is 28.9 Å². The van der Waals surface area contributed by atoms with Gasteiger partial charge in [-0.25, -0.2) is 0 Å². The number of aromatic hydroxyl groups is 1. The van der Waals surface area contributed by atoms with Gasteiger partial charge in [-0.3, -0.25) is 9.59 Å². The van der Waals surface area contributed by atoms with Gasteiger partial charge in [0.05, 0.1) is 31.3 Å². The van der Waals surface area contributed by atoms with Crippen molar-refractivity contribution in [3.05, 3.63) is 117 Å². The molecule has 0 amide bonds. The Hall–Kier alpha value is -4.00. The molecule has 40 heavy (non-hydrogen) atoms. The Balaban J connectivity index is 1.65. The maximum atomic E-state index is 14.3. The summed E-state index contributed by atoms with van der Waals surface area (Å²) in [5, 5.41) is 11.2. The van der Waals surface area contributed by atoms with Crippen molar-refractivity contribution in [1.82, 2.24) is 0 Å². The molecule has 0 saturated heterocycles. The normalized spacial score (nSPS) is 16.9. The van der Waals surface area contributed by atoms with Gasteiger partial charge < -0.3 is 19.3 Å². The second kappa shape index (κ2) is 11.6. The zero-order chi connectivity index (χ0) is 28.4. The molecule has 0 spiro atoms. The van der Waals surface area contributed by atoms with Crippen LogP contribution in [0.5, 0.6) is 23.0 Å². The lowest BCUT2D eigenvalue weighted by molar-refractivity contribution is 0.0577. The number of halogens is 2. The van der Waals surface area contributed by atoms with Crippen molar-refractivity contribution in [2.24, 2.45) is 5.92 Å². The van der Waals surface area contributed by atoms with Crippen LogP contribution in [0.15, 0.2) is 84.9 Å². The first kappa shape index (κ1) is 27.6. The number of hydrogen-bond acceptors (Lipinski definition) is 6. The molecule has 0 unspecified atom stereocenters. The van der Waals surface area contributed by atoms with Crippen molar-refractivity contribution in [2.45, 2.75) is 18.4 Å². The number of phenols is 1. The molecule has 0 aromatic heterocycles. The minimum Gasteiger partial charge on any atom is -0.507 e. The van der Waals surface area contributed by atoms with E-state index >= 15 is 0 Å². The number of ether oxygens (including phenoxy) is 3. The van der Waals surface area contributed by atoms with Gasteiger partial charge in [0.1, 0.15) is 29.1 Å². The van der Waals surface area contributed by atoms with Crippen molar-refractivity contribution >= 4 is 34.8 Å². The second-order valence-electron chi connectivity index (χ2n) is 9.51. The predicted molar refractivity (Wildman–Crippen MR) is 153 cm³/mol. The highest BCUT2D eigenvalue weighted by atomic mass is 35.5. The lowest BCUT2D eigenvalue weighted by atomic mass is 9.72. The summed E-state index contributed by atoms with van der Waals surface area (Å²) >= 11 is 12.4. The Kier molecular flexibility index (Phi) is 8.01. The summed E-state index contributed by atoms with van der Waals surface area (Å²) in [5.41, 5.74) is 1.91. The average Bonchev–Trinajstić information content (AvgIpc) is 2.97. The summed E-state index contributed by atoms with van der Waals surface area (Å²) < 4.78 is 17.1. The van der Waals surface area contributed by atoms with Gasteiger partial charge in [0.25, 0.3) is 0 Å². The fraction of sp³-hybridized carbons (Fsp3) is 0.188. The van der Waals surface area contributed by atoms with E-state index < -0.39 is 17.9 Å². The summed E-state index contributed by atoms with van der Waals surface area (Å²) in [6.07, 6.45) is -0.817. The Morgan fingerprint density at radius 1 is 0.875 bits per heavy atom. The monoisotopic (exact) mass is 576 g/mol. The number of ketones is 2. The molecule has 1 N–H and O–H groups in total. The topological polar surface area (TPSA) is 82.1 Å². The number of hydrogen-bond donors (Lipinski definition) is 1. The van der Waals surface area contributed by atoms with Crippen LogP contribution in [0.3, 0.4) is 0 Å². The van der Waals surface area contributed by atoms with E-state index in [0.29, 0.717) is 32.9 Å². The Morgan fingerprint density at radius 3 is 2.12 bits per heavy atom. The zero-order valence-corrected chi connectivity index (χ0v) is 23.3. The number of fused-ring (bicyclic) bond motifs is 1. The van der Waals surface area contributed by atoms with Crippen molar-refractivity contribution in [1.29, 1.82) is 0 Å². The van der Waals surface area contributed by atoms with Crippen LogP contribution >= 0.6 is 23.2 Å². The first-order valence-corrected chi connectivity index (χ1v) is 13.3. The first-order chi connectivity index (χ1) is 19.3. The number of methoxy groups -OCH3 is 2. The smallest absolute Gasteiger partial charge is 0.174 e. The zero-order valence-electron chi connectivity index (χ0n) is 21.8. The maximum absolute atomic E-state index is 14.3. The molecule has 1 aliphatic rings. The number of rotatable bonds is 8. The quantitative estimate of drug-likeness (QED) is 0.216. The largest absolute Gasteiger partial charge is 0.507 e. The van der Waals surface area contributed by atoms with Gasteiger partial charge in [-0.1, -0.05) is 47.5 Å². The minimum atomic E-state index is -0.807. The number of carbonyl (C=O) groups excluding carboxylic acids is 2. The molecule has 0 fully saturated rings. The van der Waals surface area contributed by atoms with E-state index in [1.807, 2.05) is 24.3 Å². The average molecular weight is 577 g/mol. The van der Waals surface area contributed by atoms with Crippen LogP contribution in [0, 0.1) is 5.92 Å². The molecule has 4 aromatic carbocycles. The highest BCUT2D eigenvalue weighted by Gasteiger charge is 2.44. The fourth-order valence-electron chi connectivity index (χ4n) is 5.13. The molecule has 4 aromatic rings. The number of phenolic OH excluding ortho intramolecular Hbond substituents is 1. The predicted octanol–water partition coefficient (Wildman–Crippen LogP) is 7.71. The molecule has 0 aliphatic carbocycles. The van der Waals surface area contributed by atoms with Crippen LogP contribution in [-0.2, 0) is 0 Å². The number of carbonyl (C=O) groups is 2. The summed E-state index contributed by atoms with van der Waals surface area (Å²) in [7, 11) is 3.14. The molecule has 6 nitrogen and oxygen atoms in total. The minimum absolute atomic E-state index is 0.0830. The molecule has 0 saturated carbocycles. The van der Waals surface area contributed by atoms with Gasteiger partial charge in [0.2, 0.25) is 0 Å². The van der Waals surface area contributed by atoms with Gasteiger partial charge in [-0.05, 0) is 71.8 Å². The Labute approximate surface area is 242 Å². The Morgan fingerprint density at radius 2 is 1.48 bits per heavy atom. The van der Waals surface area contributed by atoms with E-state index in [1.54, 1.807) is 56.7 Å². The van der Waals surface area contributed by atoms with Gasteiger partial charge in [-0.2, -0.15) is 0 Å². The molecular weight excluding hydrogens is 551 g/mol. The molecule has 1 aliphatic heterocycles. The third-order valence-corrected chi connectivity index (χ3v) is 7.65. The van der Waals surface area contributed by atoms with Gasteiger partial charge >= 0.3 is 0 Å². The second-order valence-corrected chi connectivity index (χ2v) is 10.4. The van der Waals surface area contributed by atoms with Crippen LogP contribution in [0.25, 0.3) is 0 Å². The van der Waals surface area contributed by atoms with Crippen molar-refractivity contribution in [3.63, 3.8) is 0 Å². The molecule has 1 heterocycles. The third kappa shape index (κ3) is 5.51. The SMILES string of the molecule is COc1ccc([C@@H](CC(=O)c2cc(Cl)ccc2O)[C@@H]2C(=O)c3cc(Cl)ccc3O[C@H]2c2ccc(OC)cc2)cc1. The maximum Gasteiger partial charge on any atom is 0.174 e. The fourth-order valence-corrected chi connectivity index (χ4v) is 5.48. The van der Waals surface area contributed by atoms with Crippen LogP contribution in [-0.4, -0.2) is 30.9 Å². The van der Waals surface area contributed by atoms with Crippen LogP contribution in [0.1, 0.15) is 50.3 Å². The van der Waals surface area contributed by atoms with Crippen LogP contribution in [0.2, 0.25) is 10.0 Å². The lowest BCUT2D eigenvalue weighted by Gasteiger charge is -2.37. The summed E-state index contributed by atoms with van der Waals surface area (Å²) in [6, 6.07) is 23.8. The Bertz CT molecular complexity index is 1550. The van der Waals surface area contributed by atoms with Gasteiger partial charge in [-0.15, -0.1) is 0 Å². The van der Waals surface area contributed by atoms with E-state index in [1.165, 1.54) is 18.2 Å². The van der Waals surface area contributed by atoms with E-state index in [9.17, 15) is 14.7 Å². The molecule has 3 atom stereocenters. The molecular formula is C32H26Cl2O6. The van der Waals surface area contributed by atoms with E-state index in [0.717, 1.165) is 11.1 Å². The van der Waals surface area contributed by atoms with E-state index in [-0.39, 0.29) is 29.3 Å². The standard InChI is InChI=1S/C32H26Cl2O6/c1-38-22-9-3-18(4-10-22)24(17-28(36)25-15-20(33)7-13-27(25)35)30-31(37)26-16-21(34)8-14-29(26)40-32(30)19-5-11-23(39-2)12-6-19/h3-16,24,30,32,35H,17H2,1-2H3/t24-,30-,32+/m1/s1. The molecule has 204 valence electrons. The van der Waals surface area contributed by atoms with Crippen molar-refractivity contribution in [3.8, 4) is 23.0 Å². The summed E-state index contributed by atoms with van der Waals surface area (Å²) in [5.74, 6) is -0.477. The third-order valence-electron chi connectivity index (χ3n) is 7.18. The van der Waals surface area contributed by atoms with Crippen LogP contribution in [0.4, 0.5) is 0 Å². The first-order valence-electron chi connectivity index (χ1n) is 12.6. The van der Waals surface area contributed by atoms with Crippen LogP contribution < -0.4 is 14.2 Å². The van der Waals surface area contributed by atoms with Gasteiger partial charge in [0.15, 0.2) is 11.6 Å². The summed E-state index contributed by atoms with van der Waals surface area (Å²) in [6.45, 7) is 0. The number of benzene rings is 4. The molecule has 0 radical (unpaired) electrons. The molecule has 0 bridgehead atoms. The number of Topliss-reactive ketones (excluding diaryl/α,β-unsaturated/α-hetero) is 2. The highest BCUT2D eigenvalue weighted by molar-refractivity contribution is 6.31.